The fourth-order valence-corrected chi connectivity index (χ4v) is 6.34. The fourth-order valence-electron chi connectivity index (χ4n) is 6.08. The number of unbranched alkanes of at least 4 members (excludes halogenated alkanes) is 1. The van der Waals surface area contributed by atoms with Gasteiger partial charge in [0.2, 0.25) is 0 Å². The van der Waals surface area contributed by atoms with Gasteiger partial charge in [-0.15, -0.1) is 0 Å². The van der Waals surface area contributed by atoms with Crippen molar-refractivity contribution >= 4 is 46.7 Å². The van der Waals surface area contributed by atoms with E-state index in [4.69, 9.17) is 32.7 Å². The minimum Gasteiger partial charge on any atom is -0.454 e. The van der Waals surface area contributed by atoms with Crippen LogP contribution in [-0.4, -0.2) is 6.29 Å². The first-order valence-electron chi connectivity index (χ1n) is 20.7. The van der Waals surface area contributed by atoms with Crippen LogP contribution in [0.5, 0.6) is 23.0 Å². The molecule has 64 heavy (non-hydrogen) atoms. The number of hydrogen-bond donors (Lipinski definition) is 0. The van der Waals surface area contributed by atoms with Gasteiger partial charge in [0.15, 0.2) is 35.2 Å². The molecular weight excluding hydrogens is 850 g/mol. The Balaban J connectivity index is 0.000000217. The topological polar surface area (TPSA) is 35.5 Å². The van der Waals surface area contributed by atoms with E-state index in [2.05, 4.69) is 13.8 Å². The molecule has 0 radical (unpaired) electrons. The van der Waals surface area contributed by atoms with Crippen LogP contribution in [0, 0.1) is 37.3 Å². The van der Waals surface area contributed by atoms with Crippen LogP contribution in [0.1, 0.15) is 67.7 Å². The molecule has 8 rings (SSSR count). The van der Waals surface area contributed by atoms with Gasteiger partial charge in [-0.05, 0) is 151 Å². The first kappa shape index (κ1) is 51.3. The molecule has 0 amide bonds. The Labute approximate surface area is 396 Å². The zero-order valence-electron chi connectivity index (χ0n) is 36.2. The molecule has 2 aliphatic carbocycles. The number of para-hydroxylation sites is 2. The molecule has 0 heterocycles. The summed E-state index contributed by atoms with van der Waals surface area (Å²) in [7, 11) is 0. The number of carbonyl (C=O) groups excluding carboxylic acids is 1. The zero-order valence-corrected chi connectivity index (χ0v) is 37.7. The van der Waals surface area contributed by atoms with E-state index in [1.807, 2.05) is 55.5 Å². The van der Waals surface area contributed by atoms with Crippen LogP contribution in [0.15, 0.2) is 163 Å². The van der Waals surface area contributed by atoms with E-state index < -0.39 is 11.6 Å². The summed E-state index contributed by atoms with van der Waals surface area (Å²) in [6.07, 6.45) is 9.49. The average molecular weight is 900 g/mol. The second-order valence-corrected chi connectivity index (χ2v) is 15.7. The zero-order chi connectivity index (χ0) is 45.1. The third kappa shape index (κ3) is 16.7. The van der Waals surface area contributed by atoms with Crippen LogP contribution >= 0.6 is 23.2 Å². The molecule has 0 aliphatic heterocycles. The second-order valence-electron chi connectivity index (χ2n) is 14.8. The summed E-state index contributed by atoms with van der Waals surface area (Å²) in [4.78, 5) is 10.5. The number of aryl methyl sites for hydroxylation is 1. The van der Waals surface area contributed by atoms with Crippen LogP contribution in [0.3, 0.4) is 0 Å². The van der Waals surface area contributed by atoms with E-state index >= 15 is 4.39 Å². The molecule has 2 saturated carbocycles. The summed E-state index contributed by atoms with van der Waals surface area (Å²) in [5, 5.41) is 1.23. The molecule has 0 bridgehead atoms. The van der Waals surface area contributed by atoms with Gasteiger partial charge in [0.05, 0.1) is 0 Å². The maximum atomic E-state index is 15.0. The molecule has 0 saturated heterocycles. The van der Waals surface area contributed by atoms with Crippen LogP contribution in [0.4, 0.5) is 17.6 Å². The van der Waals surface area contributed by atoms with E-state index in [1.165, 1.54) is 24.6 Å². The van der Waals surface area contributed by atoms with Crippen molar-refractivity contribution in [3.8, 4) is 23.0 Å². The SMILES string of the molecule is Cc1ccc(F)c(Oc2ccccc2)c1.FC(C=Cc1ccc(F)c(Oc2ccccc2)c1)=C(c1ccc(Cl)cc1)C1CC1.O=CC(F)=C(c1ccc(Cl)cc1)C1CC1.[CH2-]CCC.[Li+]. The van der Waals surface area contributed by atoms with E-state index in [1.54, 1.807) is 91.0 Å². The number of aldehydes is 1. The molecule has 3 nitrogen and oxygen atoms in total. The molecule has 6 aromatic carbocycles. The number of ether oxygens (including phenoxy) is 2. The average Bonchev–Trinajstić information content (AvgIpc) is 4.25. The van der Waals surface area contributed by atoms with Gasteiger partial charge in [0.1, 0.15) is 17.3 Å². The summed E-state index contributed by atoms with van der Waals surface area (Å²) in [6.45, 7) is 7.62. The summed E-state index contributed by atoms with van der Waals surface area (Å²) in [5.74, 6) is 0.224. The number of hydrogen-bond acceptors (Lipinski definition) is 3. The number of carbonyl (C=O) groups is 1. The summed E-state index contributed by atoms with van der Waals surface area (Å²) in [6, 6.07) is 41.6. The van der Waals surface area contributed by atoms with Gasteiger partial charge in [-0.25, -0.2) is 17.6 Å². The summed E-state index contributed by atoms with van der Waals surface area (Å²) in [5.41, 5.74) is 4.45. The van der Waals surface area contributed by atoms with Crippen LogP contribution in [-0.2, 0) is 4.79 Å². The van der Waals surface area contributed by atoms with Crippen molar-refractivity contribution in [1.29, 1.82) is 0 Å². The van der Waals surface area contributed by atoms with Crippen LogP contribution < -0.4 is 28.3 Å². The second kappa shape index (κ2) is 26.5. The van der Waals surface area contributed by atoms with Crippen LogP contribution in [0.25, 0.3) is 17.2 Å². The molecule has 0 atom stereocenters. The number of rotatable bonds is 12. The van der Waals surface area contributed by atoms with Crippen LogP contribution in [0.2, 0.25) is 10.0 Å². The van der Waals surface area contributed by atoms with E-state index in [0.717, 1.165) is 48.8 Å². The van der Waals surface area contributed by atoms with Crippen molar-refractivity contribution in [2.45, 2.75) is 52.4 Å². The molecule has 2 aliphatic rings. The van der Waals surface area contributed by atoms with Crippen molar-refractivity contribution in [3.05, 3.63) is 214 Å². The van der Waals surface area contributed by atoms with Crippen molar-refractivity contribution in [2.75, 3.05) is 0 Å². The van der Waals surface area contributed by atoms with Gasteiger partial charge >= 0.3 is 18.9 Å². The third-order valence-electron chi connectivity index (χ3n) is 9.66. The first-order valence-corrected chi connectivity index (χ1v) is 21.5. The quantitative estimate of drug-likeness (QED) is 0.0307. The Kier molecular flexibility index (Phi) is 21.2. The normalized spacial score (nSPS) is 13.5. The summed E-state index contributed by atoms with van der Waals surface area (Å²) < 4.78 is 66.8. The predicted molar refractivity (Wildman–Crippen MR) is 250 cm³/mol. The molecular formula is C54H49Cl2F4LiO3. The van der Waals surface area contributed by atoms with Crippen molar-refractivity contribution in [3.63, 3.8) is 0 Å². The Morgan fingerprint density at radius 1 is 0.641 bits per heavy atom. The molecule has 10 heteroatoms. The predicted octanol–water partition coefficient (Wildman–Crippen LogP) is 14.3. The molecule has 0 unspecified atom stereocenters. The molecule has 2 fully saturated rings. The smallest absolute Gasteiger partial charge is 0.454 e. The molecule has 0 spiro atoms. The molecule has 326 valence electrons. The number of benzene rings is 6. The number of halogens is 6. The molecule has 6 aromatic rings. The Hall–Kier alpha value is -5.29. The Bertz CT molecular complexity index is 2470. The van der Waals surface area contributed by atoms with E-state index in [-0.39, 0.29) is 60.1 Å². The maximum absolute atomic E-state index is 15.0. The minimum atomic E-state index is -0.653. The van der Waals surface area contributed by atoms with Gasteiger partial charge in [-0.1, -0.05) is 115 Å². The van der Waals surface area contributed by atoms with E-state index in [0.29, 0.717) is 38.3 Å². The Morgan fingerprint density at radius 2 is 1.06 bits per heavy atom. The van der Waals surface area contributed by atoms with Crippen molar-refractivity contribution in [2.24, 2.45) is 11.8 Å². The Morgan fingerprint density at radius 3 is 1.48 bits per heavy atom. The minimum absolute atomic E-state index is 0. The van der Waals surface area contributed by atoms with Gasteiger partial charge in [0.25, 0.3) is 0 Å². The van der Waals surface area contributed by atoms with Crippen molar-refractivity contribution < 1.29 is 50.7 Å². The largest absolute Gasteiger partial charge is 1.00 e. The van der Waals surface area contributed by atoms with Gasteiger partial charge in [-0.2, -0.15) is 6.42 Å². The van der Waals surface area contributed by atoms with Gasteiger partial charge < -0.3 is 16.4 Å². The standard InChI is InChI=1S/C25H19ClF2O.C13H11FO.C12H10ClFO.C4H9.Li/c26-20-12-10-19(11-13-20)25(18-8-9-18)23(28)15-7-17-6-14-22(27)24(16-17)29-21-4-2-1-3-5-21;1-10-7-8-12(14)13(9-10)15-11-5-3-2-4-6-11;13-10-5-3-9(4-6-10)12(8-1-2-8)11(14)7-15;1-3-4-2;/h1-7,10-16,18H,8-9H2;2-9H,1H3;3-8H,1-2H2;1,3-4H2,2H3;/q;;;-1;+1. The molecule has 0 aromatic heterocycles. The fraction of sp³-hybridized carbons (Fsp3) is 0.185. The number of allylic oxidation sites excluding steroid dienone is 5. The maximum Gasteiger partial charge on any atom is 1.00 e. The van der Waals surface area contributed by atoms with E-state index in [9.17, 15) is 18.0 Å². The monoisotopic (exact) mass is 898 g/mol. The molecule has 0 N–H and O–H groups in total. The first-order chi connectivity index (χ1) is 30.5. The van der Waals surface area contributed by atoms with Gasteiger partial charge in [0, 0.05) is 15.6 Å². The van der Waals surface area contributed by atoms with Crippen molar-refractivity contribution in [1.82, 2.24) is 0 Å². The van der Waals surface area contributed by atoms with Gasteiger partial charge in [-0.3, -0.25) is 4.79 Å². The third-order valence-corrected chi connectivity index (χ3v) is 10.2. The summed E-state index contributed by atoms with van der Waals surface area (Å²) >= 11 is 11.7.